The van der Waals surface area contributed by atoms with E-state index < -0.39 is 0 Å². The van der Waals surface area contributed by atoms with Crippen LogP contribution in [-0.4, -0.2) is 29.9 Å². The van der Waals surface area contributed by atoms with Gasteiger partial charge < -0.3 is 10.6 Å². The molecule has 0 saturated carbocycles. The lowest BCUT2D eigenvalue weighted by molar-refractivity contribution is -0.133. The van der Waals surface area contributed by atoms with E-state index in [0.717, 1.165) is 38.8 Å². The molecule has 1 fully saturated rings. The summed E-state index contributed by atoms with van der Waals surface area (Å²) in [6, 6.07) is 0.270. The van der Waals surface area contributed by atoms with Gasteiger partial charge >= 0.3 is 0 Å². The van der Waals surface area contributed by atoms with Crippen LogP contribution in [0.5, 0.6) is 0 Å². The Kier molecular flexibility index (Phi) is 5.96. The van der Waals surface area contributed by atoms with Crippen LogP contribution in [0.1, 0.15) is 52.9 Å². The van der Waals surface area contributed by atoms with E-state index in [1.165, 1.54) is 6.42 Å². The van der Waals surface area contributed by atoms with Crippen LogP contribution in [0, 0.1) is 11.8 Å². The number of amides is 1. The van der Waals surface area contributed by atoms with Gasteiger partial charge in [-0.1, -0.05) is 26.7 Å². The van der Waals surface area contributed by atoms with Crippen molar-refractivity contribution >= 4 is 5.91 Å². The topological polar surface area (TPSA) is 46.3 Å². The number of nitrogens with zero attached hydrogens (tertiary/aromatic N) is 1. The molecular weight excluding hydrogens is 212 g/mol. The summed E-state index contributed by atoms with van der Waals surface area (Å²) in [5, 5.41) is 0. The fourth-order valence-corrected chi connectivity index (χ4v) is 2.70. The smallest absolute Gasteiger partial charge is 0.222 e. The maximum absolute atomic E-state index is 12.1. The summed E-state index contributed by atoms with van der Waals surface area (Å²) >= 11 is 0. The lowest BCUT2D eigenvalue weighted by Gasteiger charge is -2.34. The number of hydrogen-bond donors (Lipinski definition) is 1. The molecule has 100 valence electrons. The van der Waals surface area contributed by atoms with Crippen LogP contribution in [-0.2, 0) is 4.79 Å². The van der Waals surface area contributed by atoms with Gasteiger partial charge in [-0.05, 0) is 31.6 Å². The van der Waals surface area contributed by atoms with E-state index in [9.17, 15) is 4.79 Å². The molecule has 2 N–H and O–H groups in total. The van der Waals surface area contributed by atoms with E-state index in [2.05, 4.69) is 20.8 Å². The first-order valence-corrected chi connectivity index (χ1v) is 7.08. The number of rotatable bonds is 5. The first kappa shape index (κ1) is 14.5. The molecule has 0 bridgehead atoms. The van der Waals surface area contributed by atoms with Crippen molar-refractivity contribution in [3.05, 3.63) is 0 Å². The number of likely N-dealkylation sites (tertiary alicyclic amines) is 1. The van der Waals surface area contributed by atoms with Gasteiger partial charge in [0.05, 0.1) is 0 Å². The van der Waals surface area contributed by atoms with Gasteiger partial charge in [0.1, 0.15) is 0 Å². The average Bonchev–Trinajstić information content (AvgIpc) is 2.29. The first-order chi connectivity index (χ1) is 8.04. The van der Waals surface area contributed by atoms with E-state index in [4.69, 9.17) is 5.73 Å². The minimum Gasteiger partial charge on any atom is -0.343 e. The highest BCUT2D eigenvalue weighted by Crippen LogP contribution is 2.21. The molecule has 1 amide bonds. The SMILES string of the molecule is CCCC(C)CC(=O)N1CCC(C(C)N)CC1. The Hall–Kier alpha value is -0.570. The van der Waals surface area contributed by atoms with E-state index in [0.29, 0.717) is 17.7 Å². The average molecular weight is 240 g/mol. The fraction of sp³-hybridized carbons (Fsp3) is 0.929. The molecule has 3 heteroatoms. The summed E-state index contributed by atoms with van der Waals surface area (Å²) in [6.45, 7) is 8.24. The van der Waals surface area contributed by atoms with Gasteiger partial charge in [0, 0.05) is 25.6 Å². The predicted molar refractivity (Wildman–Crippen MR) is 71.6 cm³/mol. The number of piperidine rings is 1. The van der Waals surface area contributed by atoms with Crippen LogP contribution >= 0.6 is 0 Å². The molecule has 0 aromatic carbocycles. The second-order valence-corrected chi connectivity index (χ2v) is 5.68. The molecule has 1 rings (SSSR count). The van der Waals surface area contributed by atoms with Gasteiger partial charge in [-0.3, -0.25) is 4.79 Å². The largest absolute Gasteiger partial charge is 0.343 e. The summed E-state index contributed by atoms with van der Waals surface area (Å²) in [6.07, 6.45) is 5.19. The Balaban J connectivity index is 2.30. The normalized spacial score (nSPS) is 21.3. The standard InChI is InChI=1S/C14H28N2O/c1-4-5-11(2)10-14(17)16-8-6-13(7-9-16)12(3)15/h11-13H,4-10,15H2,1-3H3. The summed E-state index contributed by atoms with van der Waals surface area (Å²) in [5.41, 5.74) is 5.91. The van der Waals surface area contributed by atoms with Crippen molar-refractivity contribution in [2.24, 2.45) is 17.6 Å². The summed E-state index contributed by atoms with van der Waals surface area (Å²) in [7, 11) is 0. The molecule has 17 heavy (non-hydrogen) atoms. The van der Waals surface area contributed by atoms with Crippen molar-refractivity contribution in [2.75, 3.05) is 13.1 Å². The van der Waals surface area contributed by atoms with E-state index in [-0.39, 0.29) is 6.04 Å². The molecular formula is C14H28N2O. The molecule has 0 spiro atoms. The van der Waals surface area contributed by atoms with Crippen molar-refractivity contribution in [3.63, 3.8) is 0 Å². The Morgan fingerprint density at radius 1 is 1.35 bits per heavy atom. The first-order valence-electron chi connectivity index (χ1n) is 7.08. The molecule has 0 radical (unpaired) electrons. The Bertz CT molecular complexity index is 232. The number of carbonyl (C=O) groups excluding carboxylic acids is 1. The van der Waals surface area contributed by atoms with Crippen LogP contribution < -0.4 is 5.73 Å². The third-order valence-corrected chi connectivity index (χ3v) is 3.94. The maximum Gasteiger partial charge on any atom is 0.222 e. The van der Waals surface area contributed by atoms with Crippen LogP contribution in [0.15, 0.2) is 0 Å². The highest BCUT2D eigenvalue weighted by atomic mass is 16.2. The van der Waals surface area contributed by atoms with E-state index in [1.54, 1.807) is 0 Å². The molecule has 2 unspecified atom stereocenters. The van der Waals surface area contributed by atoms with Gasteiger partial charge in [-0.2, -0.15) is 0 Å². The van der Waals surface area contributed by atoms with Crippen molar-refractivity contribution in [2.45, 2.75) is 58.9 Å². The van der Waals surface area contributed by atoms with Gasteiger partial charge in [-0.15, -0.1) is 0 Å². The van der Waals surface area contributed by atoms with Crippen LogP contribution in [0.25, 0.3) is 0 Å². The molecule has 0 aromatic rings. The van der Waals surface area contributed by atoms with Crippen molar-refractivity contribution in [1.29, 1.82) is 0 Å². The molecule has 3 nitrogen and oxygen atoms in total. The lowest BCUT2D eigenvalue weighted by Crippen LogP contribution is -2.42. The third kappa shape index (κ3) is 4.66. The van der Waals surface area contributed by atoms with Crippen molar-refractivity contribution < 1.29 is 4.79 Å². The molecule has 2 atom stereocenters. The number of nitrogens with two attached hydrogens (primary N) is 1. The zero-order chi connectivity index (χ0) is 12.8. The zero-order valence-electron chi connectivity index (χ0n) is 11.6. The van der Waals surface area contributed by atoms with Crippen molar-refractivity contribution in [1.82, 2.24) is 4.90 Å². The summed E-state index contributed by atoms with van der Waals surface area (Å²) in [5.74, 6) is 1.47. The van der Waals surface area contributed by atoms with Gasteiger partial charge in [0.15, 0.2) is 0 Å². The highest BCUT2D eigenvalue weighted by Gasteiger charge is 2.25. The second-order valence-electron chi connectivity index (χ2n) is 5.68. The molecule has 1 aliphatic heterocycles. The molecule has 0 aromatic heterocycles. The van der Waals surface area contributed by atoms with E-state index >= 15 is 0 Å². The zero-order valence-corrected chi connectivity index (χ0v) is 11.6. The quantitative estimate of drug-likeness (QED) is 0.802. The van der Waals surface area contributed by atoms with Crippen molar-refractivity contribution in [3.8, 4) is 0 Å². The van der Waals surface area contributed by atoms with Gasteiger partial charge in [-0.25, -0.2) is 0 Å². The summed E-state index contributed by atoms with van der Waals surface area (Å²) < 4.78 is 0. The van der Waals surface area contributed by atoms with Crippen LogP contribution in [0.3, 0.4) is 0 Å². The molecule has 1 heterocycles. The Morgan fingerprint density at radius 2 is 1.94 bits per heavy atom. The summed E-state index contributed by atoms with van der Waals surface area (Å²) in [4.78, 5) is 14.1. The van der Waals surface area contributed by atoms with Crippen LogP contribution in [0.4, 0.5) is 0 Å². The van der Waals surface area contributed by atoms with Gasteiger partial charge in [0.2, 0.25) is 5.91 Å². The highest BCUT2D eigenvalue weighted by molar-refractivity contribution is 5.76. The monoisotopic (exact) mass is 240 g/mol. The minimum atomic E-state index is 0.270. The minimum absolute atomic E-state index is 0.270. The fourth-order valence-electron chi connectivity index (χ4n) is 2.70. The second kappa shape index (κ2) is 7.00. The lowest BCUT2D eigenvalue weighted by atomic mass is 9.90. The molecule has 1 saturated heterocycles. The van der Waals surface area contributed by atoms with E-state index in [1.807, 2.05) is 4.90 Å². The van der Waals surface area contributed by atoms with Crippen LogP contribution in [0.2, 0.25) is 0 Å². The Morgan fingerprint density at radius 3 is 2.41 bits per heavy atom. The Labute approximate surface area is 106 Å². The third-order valence-electron chi connectivity index (χ3n) is 3.94. The number of carbonyl (C=O) groups is 1. The number of hydrogen-bond acceptors (Lipinski definition) is 2. The predicted octanol–water partition coefficient (Wildman–Crippen LogP) is 2.40. The molecule has 1 aliphatic rings. The van der Waals surface area contributed by atoms with Gasteiger partial charge in [0.25, 0.3) is 0 Å². The molecule has 0 aliphatic carbocycles. The maximum atomic E-state index is 12.1.